The van der Waals surface area contributed by atoms with Gasteiger partial charge in [-0.05, 0) is 31.2 Å². The van der Waals surface area contributed by atoms with Crippen molar-refractivity contribution in [1.29, 1.82) is 0 Å². The maximum Gasteiger partial charge on any atom is 0.169 e. The van der Waals surface area contributed by atoms with Crippen molar-refractivity contribution in [2.75, 3.05) is 0 Å². The predicted molar refractivity (Wildman–Crippen MR) is 60.1 cm³/mol. The van der Waals surface area contributed by atoms with Crippen LogP contribution in [0.1, 0.15) is 11.8 Å². The fraction of sp³-hybridized carbons (Fsp3) is 0.0909. The summed E-state index contributed by atoms with van der Waals surface area (Å²) >= 11 is 1.70. The Labute approximate surface area is 87.0 Å². The van der Waals surface area contributed by atoms with Crippen molar-refractivity contribution >= 4 is 17.4 Å². The Hall–Kier alpha value is -1.48. The van der Waals surface area contributed by atoms with Crippen molar-refractivity contribution in [3.05, 3.63) is 41.5 Å². The van der Waals surface area contributed by atoms with Gasteiger partial charge >= 0.3 is 0 Å². The molecule has 0 saturated heterocycles. The highest BCUT2D eigenvalue weighted by atomic mass is 32.1. The molecule has 0 aliphatic carbocycles. The summed E-state index contributed by atoms with van der Waals surface area (Å²) in [7, 11) is 0. The normalized spacial score (nSPS) is 10.9. The Morgan fingerprint density at radius 2 is 2.00 bits per heavy atom. The summed E-state index contributed by atoms with van der Waals surface area (Å²) in [4.78, 5) is 10.7. The molecule has 0 atom stereocenters. The number of hydrogen-bond acceptors (Lipinski definition) is 3. The quantitative estimate of drug-likeness (QED) is 0.747. The van der Waals surface area contributed by atoms with Gasteiger partial charge in [-0.25, -0.2) is 9.97 Å². The molecule has 2 heterocycles. The third kappa shape index (κ3) is 1.88. The van der Waals surface area contributed by atoms with Gasteiger partial charge in [0.2, 0.25) is 0 Å². The minimum absolute atomic E-state index is 0.799. The molecule has 2 rings (SSSR count). The monoisotopic (exact) mass is 202 g/mol. The molecule has 2 aromatic heterocycles. The Kier molecular flexibility index (Phi) is 2.70. The topological polar surface area (TPSA) is 25.8 Å². The van der Waals surface area contributed by atoms with E-state index in [0.717, 1.165) is 10.7 Å². The van der Waals surface area contributed by atoms with Crippen molar-refractivity contribution in [1.82, 2.24) is 9.97 Å². The maximum absolute atomic E-state index is 4.20. The summed E-state index contributed by atoms with van der Waals surface area (Å²) in [6.45, 7) is 2.01. The second-order valence-corrected chi connectivity index (χ2v) is 3.89. The van der Waals surface area contributed by atoms with Crippen molar-refractivity contribution in [2.45, 2.75) is 6.92 Å². The second-order valence-electron chi connectivity index (χ2n) is 2.77. The fourth-order valence-electron chi connectivity index (χ4n) is 1.15. The summed E-state index contributed by atoms with van der Waals surface area (Å²) in [5.74, 6) is 0.799. The lowest BCUT2D eigenvalue weighted by Gasteiger charge is -1.91. The molecule has 0 N–H and O–H groups in total. The lowest BCUT2D eigenvalue weighted by molar-refractivity contribution is 1.19. The zero-order valence-corrected chi connectivity index (χ0v) is 8.66. The lowest BCUT2D eigenvalue weighted by atomic mass is 10.4. The van der Waals surface area contributed by atoms with Crippen LogP contribution in [-0.4, -0.2) is 9.97 Å². The van der Waals surface area contributed by atoms with Crippen LogP contribution in [0.15, 0.2) is 36.7 Å². The molecule has 0 amide bonds. The zero-order chi connectivity index (χ0) is 9.80. The first-order chi connectivity index (χ1) is 6.90. The van der Waals surface area contributed by atoms with E-state index in [9.17, 15) is 0 Å². The van der Waals surface area contributed by atoms with E-state index in [4.69, 9.17) is 0 Å². The van der Waals surface area contributed by atoms with Gasteiger partial charge in [-0.15, -0.1) is 11.3 Å². The van der Waals surface area contributed by atoms with Crippen LogP contribution in [-0.2, 0) is 0 Å². The van der Waals surface area contributed by atoms with Gasteiger partial charge in [0.15, 0.2) is 5.82 Å². The molecule has 0 fully saturated rings. The van der Waals surface area contributed by atoms with E-state index in [1.807, 2.05) is 19.1 Å². The van der Waals surface area contributed by atoms with Gasteiger partial charge in [-0.2, -0.15) is 0 Å². The van der Waals surface area contributed by atoms with E-state index in [1.54, 1.807) is 23.7 Å². The average Bonchev–Trinajstić information content (AvgIpc) is 2.68. The molecular weight excluding hydrogens is 192 g/mol. The predicted octanol–water partition coefficient (Wildman–Crippen LogP) is 3.24. The Balaban J connectivity index is 2.34. The highest BCUT2D eigenvalue weighted by Gasteiger charge is 2.02. The van der Waals surface area contributed by atoms with Crippen LogP contribution in [0.3, 0.4) is 0 Å². The molecular formula is C11H10N2S. The van der Waals surface area contributed by atoms with Gasteiger partial charge in [0.05, 0.1) is 4.88 Å². The molecule has 70 valence electrons. The molecule has 2 aromatic rings. The van der Waals surface area contributed by atoms with E-state index in [2.05, 4.69) is 28.2 Å². The third-order valence-electron chi connectivity index (χ3n) is 1.74. The molecule has 0 aliphatic rings. The van der Waals surface area contributed by atoms with Crippen LogP contribution in [0, 0.1) is 0 Å². The standard InChI is InChI=1S/C11H10N2S/c1-2-4-9-5-6-10(14-9)11-12-7-3-8-13-11/h2-8H,1H3/b4-2+. The first kappa shape index (κ1) is 9.09. The Morgan fingerprint density at radius 1 is 1.21 bits per heavy atom. The smallest absolute Gasteiger partial charge is 0.169 e. The number of hydrogen-bond donors (Lipinski definition) is 0. The number of thiophene rings is 1. The van der Waals surface area contributed by atoms with Gasteiger partial charge in [0.25, 0.3) is 0 Å². The second kappa shape index (κ2) is 4.15. The minimum atomic E-state index is 0.799. The van der Waals surface area contributed by atoms with E-state index >= 15 is 0 Å². The van der Waals surface area contributed by atoms with Crippen LogP contribution in [0.5, 0.6) is 0 Å². The Morgan fingerprint density at radius 3 is 2.71 bits per heavy atom. The first-order valence-electron chi connectivity index (χ1n) is 4.40. The first-order valence-corrected chi connectivity index (χ1v) is 5.22. The molecule has 0 aliphatic heterocycles. The van der Waals surface area contributed by atoms with E-state index in [0.29, 0.717) is 0 Å². The summed E-state index contributed by atoms with van der Waals surface area (Å²) in [6.07, 6.45) is 7.63. The van der Waals surface area contributed by atoms with Gasteiger partial charge < -0.3 is 0 Å². The van der Waals surface area contributed by atoms with Gasteiger partial charge in [0.1, 0.15) is 0 Å². The largest absolute Gasteiger partial charge is 0.236 e. The summed E-state index contributed by atoms with van der Waals surface area (Å²) in [5.41, 5.74) is 0. The summed E-state index contributed by atoms with van der Waals surface area (Å²) in [6, 6.07) is 5.95. The fourth-order valence-corrected chi connectivity index (χ4v) is 2.08. The average molecular weight is 202 g/mol. The molecule has 0 saturated carbocycles. The lowest BCUT2D eigenvalue weighted by Crippen LogP contribution is -1.81. The highest BCUT2D eigenvalue weighted by molar-refractivity contribution is 7.16. The van der Waals surface area contributed by atoms with Crippen LogP contribution in [0.4, 0.5) is 0 Å². The van der Waals surface area contributed by atoms with Crippen LogP contribution >= 0.6 is 11.3 Å². The van der Waals surface area contributed by atoms with Gasteiger partial charge in [-0.1, -0.05) is 6.08 Å². The zero-order valence-electron chi connectivity index (χ0n) is 7.84. The third-order valence-corrected chi connectivity index (χ3v) is 2.79. The van der Waals surface area contributed by atoms with Crippen molar-refractivity contribution in [3.8, 4) is 10.7 Å². The molecule has 2 nitrogen and oxygen atoms in total. The summed E-state index contributed by atoms with van der Waals surface area (Å²) < 4.78 is 0. The number of aromatic nitrogens is 2. The number of rotatable bonds is 2. The molecule has 0 aromatic carbocycles. The Bertz CT molecular complexity index is 432. The SMILES string of the molecule is C/C=C/c1ccc(-c2ncccn2)s1. The van der Waals surface area contributed by atoms with E-state index < -0.39 is 0 Å². The molecule has 0 unspecified atom stereocenters. The number of allylic oxidation sites excluding steroid dienone is 1. The van der Waals surface area contributed by atoms with Crippen LogP contribution < -0.4 is 0 Å². The van der Waals surface area contributed by atoms with Crippen molar-refractivity contribution in [3.63, 3.8) is 0 Å². The molecule has 14 heavy (non-hydrogen) atoms. The van der Waals surface area contributed by atoms with Crippen molar-refractivity contribution < 1.29 is 0 Å². The van der Waals surface area contributed by atoms with Crippen molar-refractivity contribution in [2.24, 2.45) is 0 Å². The van der Waals surface area contributed by atoms with Gasteiger partial charge in [0, 0.05) is 17.3 Å². The van der Waals surface area contributed by atoms with Gasteiger partial charge in [-0.3, -0.25) is 0 Å². The summed E-state index contributed by atoms with van der Waals surface area (Å²) in [5, 5.41) is 0. The maximum atomic E-state index is 4.20. The molecule has 0 bridgehead atoms. The minimum Gasteiger partial charge on any atom is -0.236 e. The highest BCUT2D eigenvalue weighted by Crippen LogP contribution is 2.25. The molecule has 3 heteroatoms. The van der Waals surface area contributed by atoms with E-state index in [-0.39, 0.29) is 0 Å². The van der Waals surface area contributed by atoms with E-state index in [1.165, 1.54) is 4.88 Å². The van der Waals surface area contributed by atoms with Crippen LogP contribution in [0.25, 0.3) is 16.8 Å². The molecule has 0 radical (unpaired) electrons. The van der Waals surface area contributed by atoms with Crippen LogP contribution in [0.2, 0.25) is 0 Å². The molecule has 0 spiro atoms. The number of nitrogens with zero attached hydrogens (tertiary/aromatic N) is 2.